The molecule has 72 valence electrons. The van der Waals surface area contributed by atoms with Gasteiger partial charge in [0, 0.05) is 6.61 Å². The topological polar surface area (TPSA) is 35.2 Å². The van der Waals surface area contributed by atoms with Gasteiger partial charge in [-0.15, -0.1) is 0 Å². The van der Waals surface area contributed by atoms with Crippen molar-refractivity contribution in [2.24, 2.45) is 23.5 Å². The molecule has 12 heavy (non-hydrogen) atoms. The molecule has 0 aromatic heterocycles. The van der Waals surface area contributed by atoms with E-state index < -0.39 is 0 Å². The van der Waals surface area contributed by atoms with E-state index in [0.29, 0.717) is 11.8 Å². The average Bonchev–Trinajstić information content (AvgIpc) is 2.80. The Balaban J connectivity index is 2.01. The molecule has 0 aliphatic heterocycles. The maximum Gasteiger partial charge on any atom is 0.0508 e. The fraction of sp³-hybridized carbons (Fsp3) is 1.00. The second-order valence-electron chi connectivity index (χ2n) is 4.22. The molecule has 1 aliphatic carbocycles. The summed E-state index contributed by atoms with van der Waals surface area (Å²) in [7, 11) is 0. The van der Waals surface area contributed by atoms with Crippen LogP contribution in [0.1, 0.15) is 26.7 Å². The van der Waals surface area contributed by atoms with Crippen LogP contribution in [0.15, 0.2) is 0 Å². The summed E-state index contributed by atoms with van der Waals surface area (Å²) in [6.45, 7) is 6.98. The van der Waals surface area contributed by atoms with Gasteiger partial charge in [0.15, 0.2) is 0 Å². The lowest BCUT2D eigenvalue weighted by Gasteiger charge is -2.18. The van der Waals surface area contributed by atoms with E-state index in [9.17, 15) is 0 Å². The van der Waals surface area contributed by atoms with Crippen LogP contribution in [0, 0.1) is 17.8 Å². The zero-order valence-corrected chi connectivity index (χ0v) is 8.25. The van der Waals surface area contributed by atoms with Gasteiger partial charge in [0.05, 0.1) is 6.61 Å². The van der Waals surface area contributed by atoms with Gasteiger partial charge in [-0.25, -0.2) is 0 Å². The van der Waals surface area contributed by atoms with E-state index in [1.165, 1.54) is 12.8 Å². The van der Waals surface area contributed by atoms with Crippen molar-refractivity contribution in [1.29, 1.82) is 0 Å². The molecular weight excluding hydrogens is 150 g/mol. The predicted molar refractivity (Wildman–Crippen MR) is 50.9 cm³/mol. The highest BCUT2D eigenvalue weighted by Crippen LogP contribution is 2.29. The first-order chi connectivity index (χ1) is 5.74. The van der Waals surface area contributed by atoms with Gasteiger partial charge in [0.2, 0.25) is 0 Å². The van der Waals surface area contributed by atoms with E-state index >= 15 is 0 Å². The van der Waals surface area contributed by atoms with Crippen LogP contribution in [0.5, 0.6) is 0 Å². The van der Waals surface area contributed by atoms with Crippen LogP contribution in [-0.4, -0.2) is 19.8 Å². The molecule has 1 atom stereocenters. The van der Waals surface area contributed by atoms with Crippen LogP contribution in [0.3, 0.4) is 0 Å². The minimum atomic E-state index is 0.545. The van der Waals surface area contributed by atoms with Gasteiger partial charge < -0.3 is 10.5 Å². The van der Waals surface area contributed by atoms with E-state index in [1.54, 1.807) is 0 Å². The zero-order valence-electron chi connectivity index (χ0n) is 8.25. The molecule has 0 bridgehead atoms. The molecule has 0 radical (unpaired) electrons. The molecule has 1 aliphatic rings. The summed E-state index contributed by atoms with van der Waals surface area (Å²) in [6, 6.07) is 0. The van der Waals surface area contributed by atoms with E-state index in [-0.39, 0.29) is 0 Å². The van der Waals surface area contributed by atoms with Crippen molar-refractivity contribution < 1.29 is 4.74 Å². The van der Waals surface area contributed by atoms with E-state index in [1.807, 2.05) is 0 Å². The van der Waals surface area contributed by atoms with Gasteiger partial charge in [0.1, 0.15) is 0 Å². The Morgan fingerprint density at radius 1 is 1.42 bits per heavy atom. The quantitative estimate of drug-likeness (QED) is 0.659. The highest BCUT2D eigenvalue weighted by molar-refractivity contribution is 4.72. The average molecular weight is 171 g/mol. The summed E-state index contributed by atoms with van der Waals surface area (Å²) in [5.41, 5.74) is 5.63. The molecule has 2 heteroatoms. The summed E-state index contributed by atoms with van der Waals surface area (Å²) < 4.78 is 5.59. The van der Waals surface area contributed by atoms with Crippen LogP contribution in [-0.2, 0) is 4.74 Å². The van der Waals surface area contributed by atoms with Crippen LogP contribution < -0.4 is 5.73 Å². The van der Waals surface area contributed by atoms with E-state index in [0.717, 1.165) is 25.7 Å². The molecule has 1 saturated carbocycles. The van der Waals surface area contributed by atoms with Crippen molar-refractivity contribution in [2.75, 3.05) is 19.8 Å². The Bertz CT molecular complexity index is 121. The molecule has 1 fully saturated rings. The molecule has 0 heterocycles. The van der Waals surface area contributed by atoms with Crippen LogP contribution in [0.2, 0.25) is 0 Å². The zero-order chi connectivity index (χ0) is 8.97. The maximum atomic E-state index is 5.63. The van der Waals surface area contributed by atoms with E-state index in [2.05, 4.69) is 13.8 Å². The van der Waals surface area contributed by atoms with Crippen molar-refractivity contribution in [2.45, 2.75) is 26.7 Å². The van der Waals surface area contributed by atoms with Crippen LogP contribution in [0.4, 0.5) is 0 Å². The molecule has 0 spiro atoms. The van der Waals surface area contributed by atoms with Gasteiger partial charge in [-0.3, -0.25) is 0 Å². The molecule has 0 saturated heterocycles. The van der Waals surface area contributed by atoms with Gasteiger partial charge >= 0.3 is 0 Å². The lowest BCUT2D eigenvalue weighted by atomic mass is 9.97. The third-order valence-electron chi connectivity index (χ3n) is 2.63. The normalized spacial score (nSPS) is 20.0. The molecule has 0 amide bonds. The Labute approximate surface area is 75.5 Å². The van der Waals surface area contributed by atoms with Crippen molar-refractivity contribution in [3.05, 3.63) is 0 Å². The summed E-state index contributed by atoms with van der Waals surface area (Å²) in [5, 5.41) is 0. The SMILES string of the molecule is CC(C)C(CN)COCC1CC1. The fourth-order valence-electron chi connectivity index (χ4n) is 1.20. The first kappa shape index (κ1) is 10.0. The largest absolute Gasteiger partial charge is 0.381 e. The molecular formula is C10H21NO. The Kier molecular flexibility index (Phi) is 4.02. The van der Waals surface area contributed by atoms with Crippen LogP contribution in [0.25, 0.3) is 0 Å². The minimum Gasteiger partial charge on any atom is -0.381 e. The Hall–Kier alpha value is -0.0800. The van der Waals surface area contributed by atoms with E-state index in [4.69, 9.17) is 10.5 Å². The molecule has 2 nitrogen and oxygen atoms in total. The highest BCUT2D eigenvalue weighted by atomic mass is 16.5. The molecule has 1 unspecified atom stereocenters. The van der Waals surface area contributed by atoms with Gasteiger partial charge in [-0.2, -0.15) is 0 Å². The van der Waals surface area contributed by atoms with Crippen molar-refractivity contribution in [3.8, 4) is 0 Å². The third-order valence-corrected chi connectivity index (χ3v) is 2.63. The summed E-state index contributed by atoms with van der Waals surface area (Å²) in [4.78, 5) is 0. The van der Waals surface area contributed by atoms with Crippen molar-refractivity contribution in [1.82, 2.24) is 0 Å². The first-order valence-electron chi connectivity index (χ1n) is 5.01. The number of rotatable bonds is 6. The van der Waals surface area contributed by atoms with Crippen molar-refractivity contribution >= 4 is 0 Å². The molecule has 1 rings (SSSR count). The standard InChI is InChI=1S/C10H21NO/c1-8(2)10(5-11)7-12-6-9-3-4-9/h8-10H,3-7,11H2,1-2H3. The number of hydrogen-bond acceptors (Lipinski definition) is 2. The number of ether oxygens (including phenoxy) is 1. The Morgan fingerprint density at radius 2 is 2.08 bits per heavy atom. The van der Waals surface area contributed by atoms with Crippen LogP contribution >= 0.6 is 0 Å². The minimum absolute atomic E-state index is 0.545. The van der Waals surface area contributed by atoms with Gasteiger partial charge in [0.25, 0.3) is 0 Å². The monoisotopic (exact) mass is 171 g/mol. The lowest BCUT2D eigenvalue weighted by Crippen LogP contribution is -2.25. The predicted octanol–water partition coefficient (Wildman–Crippen LogP) is 1.64. The summed E-state index contributed by atoms with van der Waals surface area (Å²) in [5.74, 6) is 2.06. The second-order valence-corrected chi connectivity index (χ2v) is 4.22. The second kappa shape index (κ2) is 4.83. The number of hydrogen-bond donors (Lipinski definition) is 1. The van der Waals surface area contributed by atoms with Gasteiger partial charge in [-0.1, -0.05) is 13.8 Å². The molecule has 2 N–H and O–H groups in total. The highest BCUT2D eigenvalue weighted by Gasteiger charge is 2.22. The Morgan fingerprint density at radius 3 is 2.50 bits per heavy atom. The lowest BCUT2D eigenvalue weighted by molar-refractivity contribution is 0.0788. The summed E-state index contributed by atoms with van der Waals surface area (Å²) in [6.07, 6.45) is 2.74. The molecule has 0 aromatic rings. The van der Waals surface area contributed by atoms with Gasteiger partial charge in [-0.05, 0) is 37.1 Å². The summed E-state index contributed by atoms with van der Waals surface area (Å²) >= 11 is 0. The number of nitrogens with two attached hydrogens (primary N) is 1. The first-order valence-corrected chi connectivity index (χ1v) is 5.01. The fourth-order valence-corrected chi connectivity index (χ4v) is 1.20. The molecule has 0 aromatic carbocycles. The maximum absolute atomic E-state index is 5.63. The van der Waals surface area contributed by atoms with Crippen molar-refractivity contribution in [3.63, 3.8) is 0 Å². The smallest absolute Gasteiger partial charge is 0.0508 e. The third kappa shape index (κ3) is 3.55.